The molecule has 4 rings (SSSR count). The van der Waals surface area contributed by atoms with E-state index in [-0.39, 0.29) is 23.1 Å². The molecule has 166 valence electrons. The van der Waals surface area contributed by atoms with Crippen LogP contribution in [0, 0.1) is 32.6 Å². The fourth-order valence-electron chi connectivity index (χ4n) is 3.43. The van der Waals surface area contributed by atoms with E-state index in [1.54, 1.807) is 19.9 Å². The number of nitrogens with zero attached hydrogens (tertiary/aromatic N) is 3. The van der Waals surface area contributed by atoms with E-state index in [1.807, 2.05) is 13.0 Å². The number of sulfonamides is 1. The predicted molar refractivity (Wildman–Crippen MR) is 117 cm³/mol. The number of rotatable bonds is 5. The SMILES string of the molecule is COCN(c1noc(C)c1C)S(=O)(=O)c1cccnc1C#Cc1cc2c(cc1C)COC2. The number of ether oxygens (including phenoxy) is 2. The maximum atomic E-state index is 13.6. The first kappa shape index (κ1) is 22.0. The molecule has 1 aliphatic rings. The molecule has 2 aromatic heterocycles. The Labute approximate surface area is 187 Å². The molecule has 1 aliphatic heterocycles. The lowest BCUT2D eigenvalue weighted by Gasteiger charge is -2.21. The maximum absolute atomic E-state index is 13.6. The van der Waals surface area contributed by atoms with Crippen molar-refractivity contribution < 1.29 is 22.4 Å². The van der Waals surface area contributed by atoms with Gasteiger partial charge in [0.25, 0.3) is 10.0 Å². The first-order valence-corrected chi connectivity index (χ1v) is 11.4. The van der Waals surface area contributed by atoms with Gasteiger partial charge in [-0.05, 0) is 61.6 Å². The van der Waals surface area contributed by atoms with Gasteiger partial charge < -0.3 is 14.0 Å². The summed E-state index contributed by atoms with van der Waals surface area (Å²) in [6, 6.07) is 7.07. The van der Waals surface area contributed by atoms with E-state index < -0.39 is 10.0 Å². The van der Waals surface area contributed by atoms with E-state index in [1.165, 1.54) is 19.4 Å². The first-order valence-electron chi connectivity index (χ1n) is 9.94. The Morgan fingerprint density at radius 3 is 2.59 bits per heavy atom. The molecule has 3 aromatic rings. The summed E-state index contributed by atoms with van der Waals surface area (Å²) in [5.41, 5.74) is 4.80. The highest BCUT2D eigenvalue weighted by molar-refractivity contribution is 7.92. The van der Waals surface area contributed by atoms with Crippen LogP contribution in [0.5, 0.6) is 0 Å². The fourth-order valence-corrected chi connectivity index (χ4v) is 4.90. The molecule has 3 heterocycles. The highest BCUT2D eigenvalue weighted by Gasteiger charge is 2.31. The zero-order valence-corrected chi connectivity index (χ0v) is 19.1. The zero-order chi connectivity index (χ0) is 22.9. The largest absolute Gasteiger partial charge is 0.372 e. The average Bonchev–Trinajstić information content (AvgIpc) is 3.36. The molecule has 1 aromatic carbocycles. The Morgan fingerprint density at radius 2 is 1.91 bits per heavy atom. The lowest BCUT2D eigenvalue weighted by atomic mass is 10.0. The second-order valence-corrected chi connectivity index (χ2v) is 9.32. The van der Waals surface area contributed by atoms with Crippen LogP contribution in [0.1, 0.15) is 39.3 Å². The van der Waals surface area contributed by atoms with E-state index in [0.29, 0.717) is 24.5 Å². The number of aromatic nitrogens is 2. The molecule has 0 atom stereocenters. The van der Waals surface area contributed by atoms with Gasteiger partial charge in [0.05, 0.1) is 13.2 Å². The van der Waals surface area contributed by atoms with Crippen LogP contribution in [0.3, 0.4) is 0 Å². The second kappa shape index (κ2) is 8.74. The molecule has 9 heteroatoms. The number of hydrogen-bond acceptors (Lipinski definition) is 7. The van der Waals surface area contributed by atoms with Crippen LogP contribution in [-0.4, -0.2) is 32.4 Å². The van der Waals surface area contributed by atoms with Crippen LogP contribution in [0.2, 0.25) is 0 Å². The molecular weight excluding hydrogens is 430 g/mol. The Balaban J connectivity index is 1.77. The number of aryl methyl sites for hydroxylation is 2. The molecule has 0 radical (unpaired) electrons. The van der Waals surface area contributed by atoms with Crippen LogP contribution in [-0.2, 0) is 32.7 Å². The predicted octanol–water partition coefficient (Wildman–Crippen LogP) is 3.22. The standard InChI is InChI=1S/C23H23N3O5S/c1-15-10-19-12-30-13-20(19)11-18(15)7-8-21-22(6-5-9-24-21)32(27,28)26(14-29-4)23-16(2)17(3)31-25-23/h5-6,9-11H,12-14H2,1-4H3. The van der Waals surface area contributed by atoms with Crippen molar-refractivity contribution in [2.45, 2.75) is 38.9 Å². The van der Waals surface area contributed by atoms with Crippen molar-refractivity contribution in [2.24, 2.45) is 0 Å². The fraction of sp³-hybridized carbons (Fsp3) is 0.304. The van der Waals surface area contributed by atoms with Crippen LogP contribution in [0.4, 0.5) is 5.82 Å². The van der Waals surface area contributed by atoms with Gasteiger partial charge in [0.2, 0.25) is 0 Å². The molecular formula is C23H23N3O5S. The minimum absolute atomic E-state index is 0.0354. The number of anilines is 1. The summed E-state index contributed by atoms with van der Waals surface area (Å²) in [7, 11) is -2.67. The molecule has 0 bridgehead atoms. The minimum atomic E-state index is -4.08. The van der Waals surface area contributed by atoms with Gasteiger partial charge in [-0.1, -0.05) is 17.1 Å². The third kappa shape index (κ3) is 4.00. The molecule has 0 saturated carbocycles. The van der Waals surface area contributed by atoms with Crippen molar-refractivity contribution in [3.05, 3.63) is 69.7 Å². The monoisotopic (exact) mass is 453 g/mol. The first-order chi connectivity index (χ1) is 15.3. The quantitative estimate of drug-likeness (QED) is 0.432. The van der Waals surface area contributed by atoms with Gasteiger partial charge >= 0.3 is 0 Å². The van der Waals surface area contributed by atoms with E-state index in [0.717, 1.165) is 26.6 Å². The molecule has 0 saturated heterocycles. The molecule has 0 spiro atoms. The summed E-state index contributed by atoms with van der Waals surface area (Å²) >= 11 is 0. The Bertz CT molecular complexity index is 1340. The van der Waals surface area contributed by atoms with Gasteiger partial charge in [0.15, 0.2) is 5.82 Å². The molecule has 0 amide bonds. The normalized spacial score (nSPS) is 12.9. The lowest BCUT2D eigenvalue weighted by molar-refractivity contribution is 0.134. The molecule has 32 heavy (non-hydrogen) atoms. The Morgan fingerprint density at radius 1 is 1.16 bits per heavy atom. The topological polar surface area (TPSA) is 94.8 Å². The van der Waals surface area contributed by atoms with Gasteiger partial charge in [0, 0.05) is 24.4 Å². The average molecular weight is 454 g/mol. The van der Waals surface area contributed by atoms with Crippen molar-refractivity contribution in [2.75, 3.05) is 18.1 Å². The maximum Gasteiger partial charge on any atom is 0.270 e. The summed E-state index contributed by atoms with van der Waals surface area (Å²) in [5, 5.41) is 3.92. The summed E-state index contributed by atoms with van der Waals surface area (Å²) < 4.78 is 44.0. The molecule has 0 aliphatic carbocycles. The third-order valence-electron chi connectivity index (χ3n) is 5.33. The number of fused-ring (bicyclic) bond motifs is 1. The van der Waals surface area contributed by atoms with Crippen molar-refractivity contribution in [1.29, 1.82) is 0 Å². The number of methoxy groups -OCH3 is 1. The Kier molecular flexibility index (Phi) is 6.02. The van der Waals surface area contributed by atoms with Crippen LogP contribution in [0.15, 0.2) is 39.9 Å². The Hall–Kier alpha value is -3.19. The van der Waals surface area contributed by atoms with Gasteiger partial charge in [-0.3, -0.25) is 0 Å². The third-order valence-corrected chi connectivity index (χ3v) is 7.08. The van der Waals surface area contributed by atoms with E-state index in [4.69, 9.17) is 14.0 Å². The smallest absolute Gasteiger partial charge is 0.270 e. The summed E-state index contributed by atoms with van der Waals surface area (Å²) in [5.74, 6) is 6.72. The van der Waals surface area contributed by atoms with Gasteiger partial charge in [0.1, 0.15) is 23.1 Å². The highest BCUT2D eigenvalue weighted by atomic mass is 32.2. The minimum Gasteiger partial charge on any atom is -0.372 e. The molecule has 0 N–H and O–H groups in total. The second-order valence-electron chi connectivity index (χ2n) is 7.49. The number of pyridine rings is 1. The highest BCUT2D eigenvalue weighted by Crippen LogP contribution is 2.28. The number of hydrogen-bond donors (Lipinski definition) is 0. The lowest BCUT2D eigenvalue weighted by Crippen LogP contribution is -2.34. The molecule has 8 nitrogen and oxygen atoms in total. The van der Waals surface area contributed by atoms with Crippen LogP contribution >= 0.6 is 0 Å². The summed E-state index contributed by atoms with van der Waals surface area (Å²) in [6.45, 7) is 6.34. The van der Waals surface area contributed by atoms with E-state index in [2.05, 4.69) is 28.0 Å². The summed E-state index contributed by atoms with van der Waals surface area (Å²) in [4.78, 5) is 4.20. The van der Waals surface area contributed by atoms with Crippen LogP contribution < -0.4 is 4.31 Å². The van der Waals surface area contributed by atoms with Gasteiger partial charge in [-0.25, -0.2) is 17.7 Å². The van der Waals surface area contributed by atoms with Crippen molar-refractivity contribution in [1.82, 2.24) is 10.1 Å². The van der Waals surface area contributed by atoms with Crippen molar-refractivity contribution >= 4 is 15.8 Å². The van der Waals surface area contributed by atoms with E-state index >= 15 is 0 Å². The van der Waals surface area contributed by atoms with Gasteiger partial charge in [-0.15, -0.1) is 0 Å². The van der Waals surface area contributed by atoms with Gasteiger partial charge in [-0.2, -0.15) is 0 Å². The zero-order valence-electron chi connectivity index (χ0n) is 18.3. The van der Waals surface area contributed by atoms with E-state index in [9.17, 15) is 8.42 Å². The van der Waals surface area contributed by atoms with Crippen molar-refractivity contribution in [3.8, 4) is 11.8 Å². The van der Waals surface area contributed by atoms with Crippen LogP contribution in [0.25, 0.3) is 0 Å². The van der Waals surface area contributed by atoms with Crippen molar-refractivity contribution in [3.63, 3.8) is 0 Å². The number of benzene rings is 1. The summed E-state index contributed by atoms with van der Waals surface area (Å²) in [6.07, 6.45) is 1.51. The molecule has 0 unspecified atom stereocenters. The molecule has 0 fully saturated rings.